The molecule has 0 bridgehead atoms. The van der Waals surface area contributed by atoms with Gasteiger partial charge >= 0.3 is 12.1 Å². The lowest BCUT2D eigenvalue weighted by atomic mass is 10.1. The minimum atomic E-state index is -5.08. The third kappa shape index (κ3) is 6.71. The van der Waals surface area contributed by atoms with Gasteiger partial charge in [0.2, 0.25) is 11.8 Å². The fourth-order valence-electron chi connectivity index (χ4n) is 2.63. The second-order valence-corrected chi connectivity index (χ2v) is 6.24. The van der Waals surface area contributed by atoms with Gasteiger partial charge in [-0.25, -0.2) is 4.79 Å². The highest BCUT2D eigenvalue weighted by molar-refractivity contribution is 6.05. The van der Waals surface area contributed by atoms with Crippen LogP contribution < -0.4 is 16.0 Å². The first-order valence-corrected chi connectivity index (χ1v) is 8.89. The molecule has 1 heterocycles. The van der Waals surface area contributed by atoms with E-state index in [-0.39, 0.29) is 18.4 Å². The number of carboxylic acid groups (broad SMARTS) is 1. The molecule has 1 aromatic rings. The van der Waals surface area contributed by atoms with Crippen molar-refractivity contribution in [3.63, 3.8) is 0 Å². The SMILES string of the molecule is CC[C@H](N)C(=O)N1c2ccccc2C[C@H]1C(=O)NCCCO.O=C(O)C(F)(F)F. The molecular formula is C18H24F3N3O5. The molecule has 5 N–H and O–H groups in total. The molecule has 2 amide bonds. The molecule has 162 valence electrons. The maximum atomic E-state index is 12.6. The number of carbonyl (C=O) groups excluding carboxylic acids is 2. The van der Waals surface area contributed by atoms with Gasteiger partial charge in [-0.15, -0.1) is 0 Å². The number of benzene rings is 1. The van der Waals surface area contributed by atoms with Crippen molar-refractivity contribution in [3.05, 3.63) is 29.8 Å². The first-order chi connectivity index (χ1) is 13.5. The highest BCUT2D eigenvalue weighted by Crippen LogP contribution is 2.32. The minimum Gasteiger partial charge on any atom is -0.475 e. The smallest absolute Gasteiger partial charge is 0.475 e. The molecule has 0 aliphatic carbocycles. The summed E-state index contributed by atoms with van der Waals surface area (Å²) in [5.74, 6) is -3.19. The lowest BCUT2D eigenvalue weighted by molar-refractivity contribution is -0.192. The Balaban J connectivity index is 0.000000516. The number of rotatable bonds is 6. The molecule has 2 rings (SSSR count). The zero-order valence-electron chi connectivity index (χ0n) is 15.8. The van der Waals surface area contributed by atoms with Crippen LogP contribution in [-0.2, 0) is 20.8 Å². The van der Waals surface area contributed by atoms with Crippen LogP contribution in [0.25, 0.3) is 0 Å². The Morgan fingerprint density at radius 3 is 2.41 bits per heavy atom. The van der Waals surface area contributed by atoms with E-state index >= 15 is 0 Å². The summed E-state index contributed by atoms with van der Waals surface area (Å²) in [5, 5.41) is 18.7. The lowest BCUT2D eigenvalue weighted by Gasteiger charge is -2.27. The Bertz CT molecular complexity index is 727. The Morgan fingerprint density at radius 1 is 1.31 bits per heavy atom. The maximum absolute atomic E-state index is 12.6. The van der Waals surface area contributed by atoms with E-state index in [1.54, 1.807) is 0 Å². The number of nitrogens with zero attached hydrogens (tertiary/aromatic N) is 1. The lowest BCUT2D eigenvalue weighted by Crippen LogP contribution is -2.53. The Hall–Kier alpha value is -2.66. The summed E-state index contributed by atoms with van der Waals surface area (Å²) in [7, 11) is 0. The molecule has 1 aromatic carbocycles. The van der Waals surface area contributed by atoms with Crippen LogP contribution in [0.5, 0.6) is 0 Å². The Morgan fingerprint density at radius 2 is 1.90 bits per heavy atom. The maximum Gasteiger partial charge on any atom is 0.490 e. The van der Waals surface area contributed by atoms with Gasteiger partial charge in [-0.2, -0.15) is 13.2 Å². The molecule has 8 nitrogen and oxygen atoms in total. The summed E-state index contributed by atoms with van der Waals surface area (Å²) in [5.41, 5.74) is 7.62. The van der Waals surface area contributed by atoms with E-state index in [1.807, 2.05) is 31.2 Å². The summed E-state index contributed by atoms with van der Waals surface area (Å²) in [6, 6.07) is 6.33. The number of aliphatic hydroxyl groups excluding tert-OH is 1. The molecule has 11 heteroatoms. The van der Waals surface area contributed by atoms with Crippen molar-refractivity contribution in [2.24, 2.45) is 5.73 Å². The molecule has 1 aliphatic heterocycles. The van der Waals surface area contributed by atoms with Crippen molar-refractivity contribution < 1.29 is 37.8 Å². The average Bonchev–Trinajstić information content (AvgIpc) is 3.06. The number of para-hydroxylation sites is 1. The summed E-state index contributed by atoms with van der Waals surface area (Å²) in [6.45, 7) is 2.26. The predicted molar refractivity (Wildman–Crippen MR) is 98.1 cm³/mol. The molecule has 0 spiro atoms. The van der Waals surface area contributed by atoms with Crippen LogP contribution in [0.2, 0.25) is 0 Å². The van der Waals surface area contributed by atoms with Gasteiger partial charge in [0.15, 0.2) is 0 Å². The van der Waals surface area contributed by atoms with Crippen molar-refractivity contribution in [3.8, 4) is 0 Å². The molecule has 2 atom stereocenters. The van der Waals surface area contributed by atoms with Gasteiger partial charge in [-0.05, 0) is 24.5 Å². The van der Waals surface area contributed by atoms with Crippen molar-refractivity contribution >= 4 is 23.5 Å². The highest BCUT2D eigenvalue weighted by Gasteiger charge is 2.39. The van der Waals surface area contributed by atoms with Gasteiger partial charge < -0.3 is 21.3 Å². The number of alkyl halides is 3. The van der Waals surface area contributed by atoms with Crippen molar-refractivity contribution in [1.29, 1.82) is 0 Å². The van der Waals surface area contributed by atoms with Crippen molar-refractivity contribution in [2.75, 3.05) is 18.1 Å². The standard InChI is InChI=1S/C16H23N3O3.C2HF3O2/c1-2-12(17)16(22)19-13-7-4-3-6-11(13)10-14(19)15(21)18-8-5-9-20;3-2(4,5)1(6)7/h3-4,6-7,12,14,20H,2,5,8-10,17H2,1H3,(H,18,21);(H,6,7)/t12-,14-;/m0./s1. The van der Waals surface area contributed by atoms with Crippen LogP contribution >= 0.6 is 0 Å². The minimum absolute atomic E-state index is 0.0223. The van der Waals surface area contributed by atoms with E-state index in [0.29, 0.717) is 25.8 Å². The number of anilines is 1. The van der Waals surface area contributed by atoms with Crippen LogP contribution in [0, 0.1) is 0 Å². The topological polar surface area (TPSA) is 133 Å². The Kier molecular flexibility index (Phi) is 9.05. The van der Waals surface area contributed by atoms with Gasteiger partial charge in [0.25, 0.3) is 0 Å². The first-order valence-electron chi connectivity index (χ1n) is 8.89. The highest BCUT2D eigenvalue weighted by atomic mass is 19.4. The van der Waals surface area contributed by atoms with Gasteiger partial charge in [-0.1, -0.05) is 25.1 Å². The largest absolute Gasteiger partial charge is 0.490 e. The van der Waals surface area contributed by atoms with Crippen LogP contribution in [0.4, 0.5) is 18.9 Å². The van der Waals surface area contributed by atoms with E-state index in [0.717, 1.165) is 11.3 Å². The fraction of sp³-hybridized carbons (Fsp3) is 0.500. The zero-order valence-corrected chi connectivity index (χ0v) is 15.8. The number of hydrogen-bond donors (Lipinski definition) is 4. The quantitative estimate of drug-likeness (QED) is 0.505. The van der Waals surface area contributed by atoms with E-state index < -0.39 is 24.2 Å². The number of hydrogen-bond acceptors (Lipinski definition) is 5. The first kappa shape index (κ1) is 24.4. The van der Waals surface area contributed by atoms with E-state index in [9.17, 15) is 22.8 Å². The van der Waals surface area contributed by atoms with Crippen LogP contribution in [0.15, 0.2) is 24.3 Å². The third-order valence-corrected chi connectivity index (χ3v) is 4.15. The van der Waals surface area contributed by atoms with Crippen LogP contribution in [-0.4, -0.2) is 59.4 Å². The number of aliphatic hydroxyl groups is 1. The van der Waals surface area contributed by atoms with Gasteiger partial charge in [0.1, 0.15) is 6.04 Å². The van der Waals surface area contributed by atoms with Crippen LogP contribution in [0.3, 0.4) is 0 Å². The van der Waals surface area contributed by atoms with Crippen molar-refractivity contribution in [2.45, 2.75) is 44.4 Å². The second-order valence-electron chi connectivity index (χ2n) is 6.24. The summed E-state index contributed by atoms with van der Waals surface area (Å²) in [4.78, 5) is 35.4. The monoisotopic (exact) mass is 419 g/mol. The van der Waals surface area contributed by atoms with Crippen molar-refractivity contribution in [1.82, 2.24) is 5.32 Å². The van der Waals surface area contributed by atoms with E-state index in [4.69, 9.17) is 20.7 Å². The zero-order chi connectivity index (χ0) is 22.2. The summed E-state index contributed by atoms with van der Waals surface area (Å²) in [6.07, 6.45) is -3.58. The number of aliphatic carboxylic acids is 1. The molecule has 0 fully saturated rings. The molecule has 29 heavy (non-hydrogen) atoms. The molecule has 0 saturated carbocycles. The van der Waals surface area contributed by atoms with Crippen LogP contribution in [0.1, 0.15) is 25.3 Å². The average molecular weight is 419 g/mol. The number of nitrogens with two attached hydrogens (primary N) is 1. The molecule has 1 aliphatic rings. The third-order valence-electron chi connectivity index (χ3n) is 4.15. The number of halogens is 3. The van der Waals surface area contributed by atoms with E-state index in [2.05, 4.69) is 5.32 Å². The van der Waals surface area contributed by atoms with Gasteiger partial charge in [0.05, 0.1) is 6.04 Å². The number of fused-ring (bicyclic) bond motifs is 1. The number of amides is 2. The molecule has 0 saturated heterocycles. The van der Waals surface area contributed by atoms with E-state index in [1.165, 1.54) is 4.90 Å². The normalized spacial score (nSPS) is 16.3. The second kappa shape index (κ2) is 10.8. The molecule has 0 aromatic heterocycles. The van der Waals surface area contributed by atoms with Gasteiger partial charge in [-0.3, -0.25) is 14.5 Å². The predicted octanol–water partition coefficient (Wildman–Crippen LogP) is 0.813. The van der Waals surface area contributed by atoms with Gasteiger partial charge in [0, 0.05) is 25.3 Å². The fourth-order valence-corrected chi connectivity index (χ4v) is 2.63. The Labute approximate surface area is 165 Å². The number of carboxylic acids is 1. The molecular weight excluding hydrogens is 395 g/mol. The summed E-state index contributed by atoms with van der Waals surface area (Å²) < 4.78 is 31.7. The summed E-state index contributed by atoms with van der Waals surface area (Å²) >= 11 is 0. The number of nitrogens with one attached hydrogen (secondary N) is 1. The molecule has 0 radical (unpaired) electrons. The number of carbonyl (C=O) groups is 3. The molecule has 0 unspecified atom stereocenters.